The number of aliphatic hydroxyl groups excluding tert-OH is 1. The van der Waals surface area contributed by atoms with Gasteiger partial charge in [-0.1, -0.05) is 12.1 Å². The number of ketones is 1. The summed E-state index contributed by atoms with van der Waals surface area (Å²) in [5, 5.41) is 12.7. The molecule has 3 rings (SSSR count). The summed E-state index contributed by atoms with van der Waals surface area (Å²) in [6, 6.07) is 7.21. The molecule has 9 heteroatoms. The number of nitrogens with two attached hydrogens (primary N) is 2. The summed E-state index contributed by atoms with van der Waals surface area (Å²) in [7, 11) is 0. The molecule has 0 radical (unpaired) electrons. The van der Waals surface area contributed by atoms with Crippen molar-refractivity contribution in [2.24, 2.45) is 0 Å². The van der Waals surface area contributed by atoms with Crippen molar-refractivity contribution in [2.75, 3.05) is 16.8 Å². The molecule has 26 heavy (non-hydrogen) atoms. The van der Waals surface area contributed by atoms with Gasteiger partial charge in [-0.15, -0.1) is 0 Å². The van der Waals surface area contributed by atoms with Crippen LogP contribution >= 0.6 is 0 Å². The molecule has 0 atom stereocenters. The van der Waals surface area contributed by atoms with E-state index in [1.54, 1.807) is 18.3 Å². The molecule has 3 aromatic rings. The van der Waals surface area contributed by atoms with Crippen LogP contribution in [0.2, 0.25) is 0 Å². The van der Waals surface area contributed by atoms with Crippen LogP contribution in [0.25, 0.3) is 17.2 Å². The van der Waals surface area contributed by atoms with E-state index in [1.807, 2.05) is 12.1 Å². The lowest BCUT2D eigenvalue weighted by Crippen LogP contribution is -2.07. The van der Waals surface area contributed by atoms with E-state index in [2.05, 4.69) is 25.3 Å². The highest BCUT2D eigenvalue weighted by atomic mass is 16.3. The third-order valence-corrected chi connectivity index (χ3v) is 3.55. The van der Waals surface area contributed by atoms with Crippen molar-refractivity contribution in [2.45, 2.75) is 13.5 Å². The zero-order chi connectivity index (χ0) is 18.7. The van der Waals surface area contributed by atoms with Crippen LogP contribution in [-0.2, 0) is 11.3 Å². The first kappa shape index (κ1) is 17.1. The van der Waals surface area contributed by atoms with Crippen LogP contribution in [0.1, 0.15) is 18.2 Å². The first-order valence-corrected chi connectivity index (χ1v) is 7.72. The molecule has 0 aliphatic rings. The second kappa shape index (κ2) is 7.01. The predicted molar refractivity (Wildman–Crippen MR) is 99.0 cm³/mol. The lowest BCUT2D eigenvalue weighted by atomic mass is 10.1. The van der Waals surface area contributed by atoms with Crippen LogP contribution in [0.4, 0.5) is 17.5 Å². The summed E-state index contributed by atoms with van der Waals surface area (Å²) in [4.78, 5) is 27.5. The number of nitrogens with zero attached hydrogens (tertiary/aromatic N) is 4. The second-order valence-electron chi connectivity index (χ2n) is 5.56. The molecule has 6 N–H and O–H groups in total. The summed E-state index contributed by atoms with van der Waals surface area (Å²) in [6.45, 7) is 1.72. The van der Waals surface area contributed by atoms with Gasteiger partial charge in [-0.3, -0.25) is 4.79 Å². The van der Waals surface area contributed by atoms with Gasteiger partial charge in [-0.05, 0) is 23.8 Å². The van der Waals surface area contributed by atoms with Gasteiger partial charge in [-0.2, -0.15) is 9.97 Å². The minimum Gasteiger partial charge on any atom is -0.504 e. The zero-order valence-corrected chi connectivity index (χ0v) is 14.0. The molecule has 9 nitrogen and oxygen atoms in total. The van der Waals surface area contributed by atoms with Gasteiger partial charge in [-0.25, -0.2) is 9.97 Å². The van der Waals surface area contributed by atoms with Crippen LogP contribution in [0, 0.1) is 0 Å². The monoisotopic (exact) mass is 351 g/mol. The first-order chi connectivity index (χ1) is 12.4. The van der Waals surface area contributed by atoms with E-state index >= 15 is 0 Å². The normalized spacial score (nSPS) is 11.5. The number of nitrogens with one attached hydrogen (secondary N) is 1. The molecule has 1 aromatic carbocycles. The number of allylic oxidation sites excluding steroid dienone is 1. The van der Waals surface area contributed by atoms with Gasteiger partial charge in [0.25, 0.3) is 0 Å². The average Bonchev–Trinajstić information content (AvgIpc) is 2.61. The van der Waals surface area contributed by atoms with Crippen molar-refractivity contribution in [1.29, 1.82) is 0 Å². The number of anilines is 3. The predicted octanol–water partition coefficient (Wildman–Crippen LogP) is 1.68. The SMILES string of the molecule is CC(=O)/C(O)=C/c1ccc(NCc2cnc3nc(N)nc(N)c3n2)cc1. The Balaban J connectivity index is 1.72. The summed E-state index contributed by atoms with van der Waals surface area (Å²) in [5.41, 5.74) is 14.3. The Morgan fingerprint density at radius 3 is 2.62 bits per heavy atom. The topological polar surface area (TPSA) is 153 Å². The Hall–Kier alpha value is -3.75. The highest BCUT2D eigenvalue weighted by Gasteiger charge is 2.07. The summed E-state index contributed by atoms with van der Waals surface area (Å²) in [5.74, 6) is -0.423. The van der Waals surface area contributed by atoms with E-state index in [4.69, 9.17) is 11.5 Å². The Bertz CT molecular complexity index is 1000. The Morgan fingerprint density at radius 1 is 1.19 bits per heavy atom. The van der Waals surface area contributed by atoms with E-state index in [1.165, 1.54) is 13.0 Å². The minimum absolute atomic E-state index is 0.0557. The number of benzene rings is 1. The van der Waals surface area contributed by atoms with Gasteiger partial charge in [0.15, 0.2) is 28.5 Å². The molecule has 2 aromatic heterocycles. The van der Waals surface area contributed by atoms with E-state index in [0.29, 0.717) is 23.4 Å². The summed E-state index contributed by atoms with van der Waals surface area (Å²) in [6.07, 6.45) is 3.00. The van der Waals surface area contributed by atoms with E-state index in [9.17, 15) is 9.90 Å². The van der Waals surface area contributed by atoms with Gasteiger partial charge in [0, 0.05) is 12.6 Å². The fraction of sp³-hybridized carbons (Fsp3) is 0.118. The molecule has 132 valence electrons. The van der Waals surface area contributed by atoms with Crippen molar-refractivity contribution in [3.8, 4) is 0 Å². The van der Waals surface area contributed by atoms with Gasteiger partial charge >= 0.3 is 0 Å². The number of fused-ring (bicyclic) bond motifs is 1. The maximum atomic E-state index is 11.0. The molecule has 0 unspecified atom stereocenters. The van der Waals surface area contributed by atoms with Gasteiger partial charge in [0.05, 0.1) is 18.4 Å². The van der Waals surface area contributed by atoms with E-state index in [-0.39, 0.29) is 23.3 Å². The lowest BCUT2D eigenvalue weighted by molar-refractivity contribution is -0.115. The van der Waals surface area contributed by atoms with Crippen LogP contribution in [0.5, 0.6) is 0 Å². The van der Waals surface area contributed by atoms with Crippen LogP contribution in [-0.4, -0.2) is 30.8 Å². The average molecular weight is 351 g/mol. The number of carbonyl (C=O) groups excluding carboxylic acids is 1. The maximum absolute atomic E-state index is 11.0. The number of Topliss-reactive ketones (excluding diaryl/α,β-unsaturated/α-hetero) is 1. The van der Waals surface area contributed by atoms with Crippen molar-refractivity contribution >= 4 is 40.5 Å². The number of nitrogen functional groups attached to an aromatic ring is 2. The van der Waals surface area contributed by atoms with Crippen LogP contribution in [0.15, 0.2) is 36.2 Å². The molecule has 0 aliphatic heterocycles. The summed E-state index contributed by atoms with van der Waals surface area (Å²) < 4.78 is 0. The molecular formula is C17H17N7O2. The number of hydrogen-bond donors (Lipinski definition) is 4. The van der Waals surface area contributed by atoms with Crippen LogP contribution < -0.4 is 16.8 Å². The fourth-order valence-corrected chi connectivity index (χ4v) is 2.22. The van der Waals surface area contributed by atoms with Gasteiger partial charge < -0.3 is 21.9 Å². The molecule has 0 aliphatic carbocycles. The number of aromatic nitrogens is 4. The van der Waals surface area contributed by atoms with Crippen molar-refractivity contribution in [3.05, 3.63) is 47.5 Å². The highest BCUT2D eigenvalue weighted by Crippen LogP contribution is 2.16. The first-order valence-electron chi connectivity index (χ1n) is 7.72. The summed E-state index contributed by atoms with van der Waals surface area (Å²) >= 11 is 0. The second-order valence-corrected chi connectivity index (χ2v) is 5.56. The van der Waals surface area contributed by atoms with Crippen molar-refractivity contribution in [3.63, 3.8) is 0 Å². The Labute approximate surface area is 148 Å². The maximum Gasteiger partial charge on any atom is 0.224 e. The van der Waals surface area contributed by atoms with E-state index < -0.39 is 0 Å². The van der Waals surface area contributed by atoms with Gasteiger partial charge in [0.2, 0.25) is 5.95 Å². The Morgan fingerprint density at radius 2 is 1.92 bits per heavy atom. The number of hydrogen-bond acceptors (Lipinski definition) is 9. The fourth-order valence-electron chi connectivity index (χ4n) is 2.22. The molecule has 0 spiro atoms. The molecule has 0 bridgehead atoms. The highest BCUT2D eigenvalue weighted by molar-refractivity contribution is 5.95. The third-order valence-electron chi connectivity index (χ3n) is 3.55. The molecule has 0 saturated heterocycles. The third kappa shape index (κ3) is 3.83. The minimum atomic E-state index is -0.382. The molecule has 0 fully saturated rings. The number of carbonyl (C=O) groups is 1. The van der Waals surface area contributed by atoms with E-state index in [0.717, 1.165) is 11.3 Å². The molecular weight excluding hydrogens is 334 g/mol. The Kier molecular flexibility index (Phi) is 4.61. The van der Waals surface area contributed by atoms with Crippen molar-refractivity contribution < 1.29 is 9.90 Å². The number of aliphatic hydroxyl groups is 1. The lowest BCUT2D eigenvalue weighted by Gasteiger charge is -2.07. The largest absolute Gasteiger partial charge is 0.504 e. The smallest absolute Gasteiger partial charge is 0.224 e. The van der Waals surface area contributed by atoms with Gasteiger partial charge in [0.1, 0.15) is 0 Å². The molecule has 0 saturated carbocycles. The van der Waals surface area contributed by atoms with Crippen LogP contribution in [0.3, 0.4) is 0 Å². The van der Waals surface area contributed by atoms with Crippen molar-refractivity contribution in [1.82, 2.24) is 19.9 Å². The zero-order valence-electron chi connectivity index (χ0n) is 14.0. The molecule has 2 heterocycles. The number of rotatable bonds is 5. The quantitative estimate of drug-likeness (QED) is 0.397. The molecule has 0 amide bonds. The standard InChI is InChI=1S/C17H17N7O2/c1-9(25)13(26)6-10-2-4-11(5-3-10)20-7-12-8-21-16-14(22-12)15(18)23-17(19)24-16/h2-6,8,20,26H,7H2,1H3,(H4,18,19,21,23,24)/b13-6-.